The minimum absolute atomic E-state index is 0.00623. The summed E-state index contributed by atoms with van der Waals surface area (Å²) in [5.74, 6) is 0.181. The summed E-state index contributed by atoms with van der Waals surface area (Å²) < 4.78 is 41.1. The van der Waals surface area contributed by atoms with E-state index in [1.807, 2.05) is 13.0 Å². The summed E-state index contributed by atoms with van der Waals surface area (Å²) in [7, 11) is 0. The Bertz CT molecular complexity index is 1330. The minimum Gasteiger partial charge on any atom is -0.381 e. The Morgan fingerprint density at radius 2 is 2.03 bits per heavy atom. The van der Waals surface area contributed by atoms with Crippen LogP contribution in [-0.2, 0) is 6.18 Å². The van der Waals surface area contributed by atoms with Gasteiger partial charge in [-0.05, 0) is 47.1 Å². The predicted octanol–water partition coefficient (Wildman–Crippen LogP) is 4.96. The summed E-state index contributed by atoms with van der Waals surface area (Å²) in [4.78, 5) is 21.2. The van der Waals surface area contributed by atoms with Crippen LogP contribution in [0.2, 0.25) is 0 Å². The predicted molar refractivity (Wildman–Crippen MR) is 112 cm³/mol. The van der Waals surface area contributed by atoms with Crippen molar-refractivity contribution < 1.29 is 18.0 Å². The molecule has 6 nitrogen and oxygen atoms in total. The Kier molecular flexibility index (Phi) is 4.30. The number of imidazole rings is 1. The highest BCUT2D eigenvalue weighted by Crippen LogP contribution is 2.41. The summed E-state index contributed by atoms with van der Waals surface area (Å²) in [6.07, 6.45) is -3.64. The molecule has 0 bridgehead atoms. The van der Waals surface area contributed by atoms with Crippen molar-refractivity contribution in [2.75, 3.05) is 11.9 Å². The Balaban J connectivity index is 1.68. The molecule has 154 valence electrons. The van der Waals surface area contributed by atoms with Gasteiger partial charge in [-0.15, -0.1) is 11.3 Å². The second-order valence-corrected chi connectivity index (χ2v) is 8.76. The molecule has 1 aliphatic rings. The van der Waals surface area contributed by atoms with E-state index in [9.17, 15) is 18.0 Å². The van der Waals surface area contributed by atoms with Crippen molar-refractivity contribution in [1.82, 2.24) is 19.9 Å². The summed E-state index contributed by atoms with van der Waals surface area (Å²) >= 11 is 4.47. The van der Waals surface area contributed by atoms with E-state index in [4.69, 9.17) is 0 Å². The van der Waals surface area contributed by atoms with Crippen molar-refractivity contribution in [3.8, 4) is 5.82 Å². The number of hydrogen-bond acceptors (Lipinski definition) is 5. The highest BCUT2D eigenvalue weighted by atomic mass is 79.9. The molecular weight excluding hydrogens is 483 g/mol. The van der Waals surface area contributed by atoms with Crippen LogP contribution >= 0.6 is 27.3 Å². The molecule has 4 aromatic rings. The first kappa shape index (κ1) is 19.3. The van der Waals surface area contributed by atoms with Crippen LogP contribution in [0.25, 0.3) is 26.8 Å². The first-order valence-corrected chi connectivity index (χ1v) is 10.6. The van der Waals surface area contributed by atoms with Gasteiger partial charge in [0.05, 0.1) is 11.2 Å². The zero-order valence-electron chi connectivity index (χ0n) is 15.3. The molecule has 0 saturated heterocycles. The molecule has 0 spiro atoms. The molecule has 0 fully saturated rings. The Morgan fingerprint density at radius 3 is 2.77 bits per heavy atom. The number of aromatic nitrogens is 3. The Hall–Kier alpha value is -2.66. The highest BCUT2D eigenvalue weighted by Gasteiger charge is 2.35. The fourth-order valence-electron chi connectivity index (χ4n) is 3.50. The number of alkyl halides is 3. The molecule has 1 atom stereocenters. The molecule has 1 amide bonds. The number of benzene rings is 1. The molecule has 0 unspecified atom stereocenters. The van der Waals surface area contributed by atoms with Crippen molar-refractivity contribution >= 4 is 59.9 Å². The van der Waals surface area contributed by atoms with Crippen LogP contribution < -0.4 is 10.6 Å². The molecular formula is C19H13BrF3N5OS. The summed E-state index contributed by atoms with van der Waals surface area (Å²) in [5, 5.41) is 7.99. The third-order valence-electron chi connectivity index (χ3n) is 4.88. The van der Waals surface area contributed by atoms with E-state index in [0.717, 1.165) is 27.4 Å². The maximum Gasteiger partial charge on any atom is 0.434 e. The van der Waals surface area contributed by atoms with E-state index in [0.29, 0.717) is 22.8 Å². The van der Waals surface area contributed by atoms with Crippen LogP contribution in [0, 0.1) is 0 Å². The first-order valence-electron chi connectivity index (χ1n) is 8.96. The van der Waals surface area contributed by atoms with Crippen molar-refractivity contribution in [3.05, 3.63) is 45.8 Å². The number of fused-ring (bicyclic) bond motifs is 5. The van der Waals surface area contributed by atoms with Crippen LogP contribution in [0.1, 0.15) is 22.3 Å². The van der Waals surface area contributed by atoms with Crippen LogP contribution in [0.4, 0.5) is 18.9 Å². The van der Waals surface area contributed by atoms with Crippen LogP contribution in [0.5, 0.6) is 0 Å². The summed E-state index contributed by atoms with van der Waals surface area (Å²) in [6, 6.07) is 7.11. The molecule has 0 saturated carbocycles. The van der Waals surface area contributed by atoms with E-state index < -0.39 is 11.9 Å². The third kappa shape index (κ3) is 3.03. The number of thiophene rings is 1. The molecule has 5 rings (SSSR count). The maximum absolute atomic E-state index is 13.0. The van der Waals surface area contributed by atoms with Gasteiger partial charge in [-0.2, -0.15) is 13.2 Å². The number of pyridine rings is 1. The third-order valence-corrected chi connectivity index (χ3v) is 6.59. The number of hydrogen-bond donors (Lipinski definition) is 2. The van der Waals surface area contributed by atoms with Crippen molar-refractivity contribution in [2.45, 2.75) is 19.1 Å². The topological polar surface area (TPSA) is 71.8 Å². The van der Waals surface area contributed by atoms with E-state index in [2.05, 4.69) is 36.5 Å². The fraction of sp³-hybridized carbons (Fsp3) is 0.211. The number of anilines is 1. The molecule has 1 aromatic carbocycles. The Morgan fingerprint density at radius 1 is 1.23 bits per heavy atom. The lowest BCUT2D eigenvalue weighted by molar-refractivity contribution is -0.141. The quantitative estimate of drug-likeness (QED) is 0.391. The number of halogens is 4. The minimum atomic E-state index is -4.55. The van der Waals surface area contributed by atoms with E-state index in [1.165, 1.54) is 15.9 Å². The lowest BCUT2D eigenvalue weighted by Gasteiger charge is -2.10. The Labute approximate surface area is 180 Å². The van der Waals surface area contributed by atoms with Crippen LogP contribution in [0.3, 0.4) is 0 Å². The normalized spacial score (nSPS) is 17.0. The maximum atomic E-state index is 13.0. The van der Waals surface area contributed by atoms with Gasteiger partial charge < -0.3 is 10.6 Å². The van der Waals surface area contributed by atoms with Gasteiger partial charge in [0.25, 0.3) is 5.91 Å². The number of carbonyl (C=O) groups excluding carboxylic acids is 1. The molecule has 2 N–H and O–H groups in total. The average molecular weight is 496 g/mol. The van der Waals surface area contributed by atoms with E-state index >= 15 is 0 Å². The summed E-state index contributed by atoms with van der Waals surface area (Å²) in [5.41, 5.74) is 0.369. The first-order chi connectivity index (χ1) is 14.2. The molecule has 0 radical (unpaired) electrons. The van der Waals surface area contributed by atoms with Gasteiger partial charge in [0.15, 0.2) is 10.4 Å². The van der Waals surface area contributed by atoms with Gasteiger partial charge in [0.2, 0.25) is 0 Å². The average Bonchev–Trinajstić information content (AvgIpc) is 3.23. The van der Waals surface area contributed by atoms with Gasteiger partial charge in [-0.1, -0.05) is 0 Å². The zero-order chi connectivity index (χ0) is 21.2. The standard InChI is InChI=1S/C19H13BrF3N5OS/c1-8-6-24-15-14-9-2-5-13(28-7-12(19(21,22)23)27-18(28)20)26-10(9)3-4-11(14)30-16(15)17(29)25-8/h2-5,7-8,24H,6H2,1H3,(H,25,29)/t8-/m1/s1. The summed E-state index contributed by atoms with van der Waals surface area (Å²) in [6.45, 7) is 2.52. The number of rotatable bonds is 1. The van der Waals surface area contributed by atoms with E-state index in [-0.39, 0.29) is 16.7 Å². The van der Waals surface area contributed by atoms with Gasteiger partial charge >= 0.3 is 6.18 Å². The molecule has 3 aromatic heterocycles. The van der Waals surface area contributed by atoms with E-state index in [1.54, 1.807) is 18.2 Å². The number of carbonyl (C=O) groups is 1. The number of amides is 1. The van der Waals surface area contributed by atoms with Crippen molar-refractivity contribution in [2.24, 2.45) is 0 Å². The molecule has 30 heavy (non-hydrogen) atoms. The zero-order valence-corrected chi connectivity index (χ0v) is 17.7. The lowest BCUT2D eigenvalue weighted by Crippen LogP contribution is -2.34. The molecule has 11 heteroatoms. The molecule has 0 aliphatic carbocycles. The SMILES string of the molecule is C[C@@H]1CNc2c(sc3ccc4nc(-n5cc(C(F)(F)F)nc5Br)ccc4c23)C(=O)N1. The van der Waals surface area contributed by atoms with Gasteiger partial charge in [-0.25, -0.2) is 9.97 Å². The molecule has 4 heterocycles. The molecule has 1 aliphatic heterocycles. The largest absolute Gasteiger partial charge is 0.434 e. The number of nitrogens with one attached hydrogen (secondary N) is 2. The van der Waals surface area contributed by atoms with Crippen molar-refractivity contribution in [1.29, 1.82) is 0 Å². The lowest BCUT2D eigenvalue weighted by atomic mass is 10.1. The van der Waals surface area contributed by atoms with Gasteiger partial charge in [-0.3, -0.25) is 9.36 Å². The van der Waals surface area contributed by atoms with Crippen LogP contribution in [0.15, 0.2) is 35.2 Å². The fourth-order valence-corrected chi connectivity index (χ4v) is 5.08. The van der Waals surface area contributed by atoms with Gasteiger partial charge in [0, 0.05) is 34.3 Å². The second-order valence-electron chi connectivity index (χ2n) is 7.00. The van der Waals surface area contributed by atoms with Gasteiger partial charge in [0.1, 0.15) is 10.7 Å². The van der Waals surface area contributed by atoms with Crippen LogP contribution in [-0.4, -0.2) is 33.0 Å². The van der Waals surface area contributed by atoms with Crippen molar-refractivity contribution in [3.63, 3.8) is 0 Å². The number of nitrogens with zero attached hydrogens (tertiary/aromatic N) is 3. The highest BCUT2D eigenvalue weighted by molar-refractivity contribution is 9.10. The second kappa shape index (κ2) is 6.67. The monoisotopic (exact) mass is 495 g/mol. The smallest absolute Gasteiger partial charge is 0.381 e.